The molecular weight excluding hydrogens is 286 g/mol. The Kier molecular flexibility index (Phi) is 4.95. The van der Waals surface area contributed by atoms with Crippen LogP contribution in [-0.2, 0) is 4.74 Å². The van der Waals surface area contributed by atoms with Crippen LogP contribution in [0.2, 0.25) is 0 Å². The minimum Gasteiger partial charge on any atom is -0.471 e. The Hall–Kier alpha value is -2.18. The number of aromatic nitrogens is 1. The first-order valence-corrected chi connectivity index (χ1v) is 7.32. The summed E-state index contributed by atoms with van der Waals surface area (Å²) in [6.07, 6.45) is 2.56. The lowest BCUT2D eigenvalue weighted by Crippen LogP contribution is -2.46. The van der Waals surface area contributed by atoms with E-state index in [1.54, 1.807) is 23.2 Å². The number of piperidine rings is 1. The molecule has 0 spiro atoms. The van der Waals surface area contributed by atoms with Gasteiger partial charge < -0.3 is 14.4 Å². The van der Waals surface area contributed by atoms with E-state index in [0.717, 1.165) is 12.8 Å². The van der Waals surface area contributed by atoms with E-state index in [9.17, 15) is 9.70 Å². The molecule has 1 aliphatic heterocycles. The number of hydrogen-bond donors (Lipinski definition) is 0. The molecule has 0 aliphatic carbocycles. The van der Waals surface area contributed by atoms with Crippen LogP contribution >= 0.6 is 0 Å². The summed E-state index contributed by atoms with van der Waals surface area (Å²) in [5, 5.41) is 2.90. The number of nitrogens with zero attached hydrogens (tertiary/aromatic N) is 3. The molecule has 0 saturated carbocycles. The standard InChI is InChI=1S/C15H21N3O4/c1-15(2,3)22-14(19)18-9-5-6-11(10-18)21-13-12(17-20)7-4-8-16-13/h4,7-8,11H,5-6,9-10H2,1-3H3/t11-/m0/s1. The lowest BCUT2D eigenvalue weighted by Gasteiger charge is -2.33. The van der Waals surface area contributed by atoms with Crippen molar-refractivity contribution < 1.29 is 14.3 Å². The molecule has 2 heterocycles. The SMILES string of the molecule is CC(C)(C)OC(=O)N1CCC[C@H](Oc2ncccc2N=O)C1. The minimum atomic E-state index is -0.527. The first kappa shape index (κ1) is 16.2. The lowest BCUT2D eigenvalue weighted by molar-refractivity contribution is 0.00731. The Labute approximate surface area is 129 Å². The molecule has 7 heteroatoms. The largest absolute Gasteiger partial charge is 0.471 e. The van der Waals surface area contributed by atoms with Crippen molar-refractivity contribution in [3.63, 3.8) is 0 Å². The van der Waals surface area contributed by atoms with Crippen LogP contribution in [0.5, 0.6) is 5.88 Å². The van der Waals surface area contributed by atoms with E-state index in [1.165, 1.54) is 0 Å². The highest BCUT2D eigenvalue weighted by molar-refractivity contribution is 5.68. The zero-order valence-corrected chi connectivity index (χ0v) is 13.1. The zero-order chi connectivity index (χ0) is 16.2. The molecule has 1 aromatic heterocycles. The first-order valence-electron chi connectivity index (χ1n) is 7.32. The fourth-order valence-corrected chi connectivity index (χ4v) is 2.23. The Morgan fingerprint density at radius 1 is 1.45 bits per heavy atom. The number of ether oxygens (including phenoxy) is 2. The van der Waals surface area contributed by atoms with Gasteiger partial charge in [0.15, 0.2) is 5.69 Å². The number of pyridine rings is 1. The van der Waals surface area contributed by atoms with Crippen molar-refractivity contribution in [2.45, 2.75) is 45.3 Å². The van der Waals surface area contributed by atoms with Gasteiger partial charge in [-0.2, -0.15) is 0 Å². The van der Waals surface area contributed by atoms with Crippen LogP contribution in [0.1, 0.15) is 33.6 Å². The molecule has 1 amide bonds. The van der Waals surface area contributed by atoms with Gasteiger partial charge in [0.2, 0.25) is 5.88 Å². The van der Waals surface area contributed by atoms with Gasteiger partial charge in [0.05, 0.1) is 6.54 Å². The maximum Gasteiger partial charge on any atom is 0.410 e. The van der Waals surface area contributed by atoms with Gasteiger partial charge in [-0.05, 0) is 50.9 Å². The van der Waals surface area contributed by atoms with Gasteiger partial charge in [-0.3, -0.25) is 0 Å². The number of amides is 1. The summed E-state index contributed by atoms with van der Waals surface area (Å²) < 4.78 is 11.1. The quantitative estimate of drug-likeness (QED) is 0.801. The van der Waals surface area contributed by atoms with E-state index in [2.05, 4.69) is 10.2 Å². The third-order valence-corrected chi connectivity index (χ3v) is 3.16. The maximum absolute atomic E-state index is 12.1. The monoisotopic (exact) mass is 307 g/mol. The highest BCUT2D eigenvalue weighted by atomic mass is 16.6. The zero-order valence-electron chi connectivity index (χ0n) is 13.1. The summed E-state index contributed by atoms with van der Waals surface area (Å²) in [6.45, 7) is 6.54. The average Bonchev–Trinajstić information content (AvgIpc) is 2.46. The van der Waals surface area contributed by atoms with Crippen molar-refractivity contribution in [3.05, 3.63) is 23.2 Å². The van der Waals surface area contributed by atoms with Gasteiger partial charge in [-0.1, -0.05) is 0 Å². The third-order valence-electron chi connectivity index (χ3n) is 3.16. The minimum absolute atomic E-state index is 0.164. The molecule has 0 radical (unpaired) electrons. The highest BCUT2D eigenvalue weighted by Gasteiger charge is 2.29. The van der Waals surface area contributed by atoms with Gasteiger partial charge in [-0.15, -0.1) is 4.91 Å². The average molecular weight is 307 g/mol. The van der Waals surface area contributed by atoms with Gasteiger partial charge in [0, 0.05) is 12.7 Å². The Morgan fingerprint density at radius 2 is 2.23 bits per heavy atom. The Bertz CT molecular complexity index is 542. The summed E-state index contributed by atoms with van der Waals surface area (Å²) in [6, 6.07) is 3.17. The Balaban J connectivity index is 1.99. The number of nitroso groups, excluding NO2 is 1. The van der Waals surface area contributed by atoms with E-state index in [1.807, 2.05) is 20.8 Å². The van der Waals surface area contributed by atoms with Crippen LogP contribution in [-0.4, -0.2) is 40.8 Å². The highest BCUT2D eigenvalue weighted by Crippen LogP contribution is 2.26. The molecule has 2 rings (SSSR count). The van der Waals surface area contributed by atoms with Crippen LogP contribution in [0.3, 0.4) is 0 Å². The lowest BCUT2D eigenvalue weighted by atomic mass is 10.1. The fourth-order valence-electron chi connectivity index (χ4n) is 2.23. The molecule has 1 aromatic rings. The summed E-state index contributed by atoms with van der Waals surface area (Å²) in [7, 11) is 0. The fraction of sp³-hybridized carbons (Fsp3) is 0.600. The number of carbonyl (C=O) groups is 1. The van der Waals surface area contributed by atoms with Crippen molar-refractivity contribution in [1.29, 1.82) is 0 Å². The van der Waals surface area contributed by atoms with Crippen molar-refractivity contribution >= 4 is 11.8 Å². The smallest absolute Gasteiger partial charge is 0.410 e. The normalized spacial score (nSPS) is 18.7. The molecule has 0 bridgehead atoms. The third kappa shape index (κ3) is 4.41. The molecule has 0 N–H and O–H groups in total. The van der Waals surface area contributed by atoms with Gasteiger partial charge in [-0.25, -0.2) is 9.78 Å². The van der Waals surface area contributed by atoms with E-state index in [4.69, 9.17) is 9.47 Å². The predicted molar refractivity (Wildman–Crippen MR) is 81.1 cm³/mol. The number of hydrogen-bond acceptors (Lipinski definition) is 6. The molecule has 0 aromatic carbocycles. The van der Waals surface area contributed by atoms with Crippen LogP contribution in [0.15, 0.2) is 23.5 Å². The van der Waals surface area contributed by atoms with Gasteiger partial charge in [0.1, 0.15) is 11.7 Å². The molecule has 22 heavy (non-hydrogen) atoms. The second-order valence-corrected chi connectivity index (χ2v) is 6.23. The molecule has 1 saturated heterocycles. The molecular formula is C15H21N3O4. The second-order valence-electron chi connectivity index (χ2n) is 6.23. The van der Waals surface area contributed by atoms with Crippen molar-refractivity contribution in [2.75, 3.05) is 13.1 Å². The summed E-state index contributed by atoms with van der Waals surface area (Å²) in [5.74, 6) is 0.202. The van der Waals surface area contributed by atoms with Crippen molar-refractivity contribution in [2.24, 2.45) is 5.18 Å². The molecule has 0 unspecified atom stereocenters. The topological polar surface area (TPSA) is 81.1 Å². The first-order chi connectivity index (χ1) is 10.4. The summed E-state index contributed by atoms with van der Waals surface area (Å²) in [5.41, 5.74) is -0.364. The van der Waals surface area contributed by atoms with Crippen LogP contribution in [0.4, 0.5) is 10.5 Å². The van der Waals surface area contributed by atoms with E-state index in [0.29, 0.717) is 13.1 Å². The van der Waals surface area contributed by atoms with Crippen LogP contribution < -0.4 is 4.74 Å². The van der Waals surface area contributed by atoms with Gasteiger partial charge >= 0.3 is 6.09 Å². The van der Waals surface area contributed by atoms with Crippen molar-refractivity contribution in [3.8, 4) is 5.88 Å². The molecule has 120 valence electrons. The number of likely N-dealkylation sites (tertiary alicyclic amines) is 1. The van der Waals surface area contributed by atoms with E-state index < -0.39 is 5.60 Å². The maximum atomic E-state index is 12.1. The van der Waals surface area contributed by atoms with Crippen LogP contribution in [0.25, 0.3) is 0 Å². The molecule has 7 nitrogen and oxygen atoms in total. The number of carbonyl (C=O) groups excluding carboxylic acids is 1. The van der Waals surface area contributed by atoms with Gasteiger partial charge in [0.25, 0.3) is 0 Å². The van der Waals surface area contributed by atoms with Crippen LogP contribution in [0, 0.1) is 4.91 Å². The predicted octanol–water partition coefficient (Wildman–Crippen LogP) is 3.26. The van der Waals surface area contributed by atoms with Crippen molar-refractivity contribution in [1.82, 2.24) is 9.88 Å². The Morgan fingerprint density at radius 3 is 2.91 bits per heavy atom. The van der Waals surface area contributed by atoms with E-state index >= 15 is 0 Å². The molecule has 1 aliphatic rings. The second kappa shape index (κ2) is 6.72. The van der Waals surface area contributed by atoms with E-state index in [-0.39, 0.29) is 23.8 Å². The molecule has 1 fully saturated rings. The summed E-state index contributed by atoms with van der Waals surface area (Å²) in [4.78, 5) is 28.5. The molecule has 1 atom stereocenters. The number of rotatable bonds is 3. The summed E-state index contributed by atoms with van der Waals surface area (Å²) >= 11 is 0.